The Balaban J connectivity index is 1.54. The Hall–Kier alpha value is -2.17. The van der Waals surface area contributed by atoms with Crippen LogP contribution in [0.25, 0.3) is 0 Å². The average Bonchev–Trinajstić information content (AvgIpc) is 3.28. The molecule has 2 aromatic rings. The molecule has 0 bridgehead atoms. The zero-order valence-corrected chi connectivity index (χ0v) is 14.6. The summed E-state index contributed by atoms with van der Waals surface area (Å²) in [5, 5.41) is 7.18. The van der Waals surface area contributed by atoms with E-state index in [1.54, 1.807) is 11.0 Å². The second-order valence-electron chi connectivity index (χ2n) is 7.56. The molecule has 2 saturated carbocycles. The summed E-state index contributed by atoms with van der Waals surface area (Å²) in [5.74, 6) is 0.719. The van der Waals surface area contributed by atoms with E-state index in [9.17, 15) is 9.18 Å². The quantitative estimate of drug-likeness (QED) is 0.857. The minimum absolute atomic E-state index is 0.0775. The van der Waals surface area contributed by atoms with Crippen molar-refractivity contribution in [3.63, 3.8) is 0 Å². The van der Waals surface area contributed by atoms with Crippen LogP contribution < -0.4 is 0 Å². The van der Waals surface area contributed by atoms with Gasteiger partial charge in [-0.2, -0.15) is 5.10 Å². The Morgan fingerprint density at radius 2 is 2.08 bits per heavy atom. The van der Waals surface area contributed by atoms with Crippen LogP contribution in [0.4, 0.5) is 4.39 Å². The molecule has 4 rings (SSSR count). The standard InChI is InChI=1S/C20H24FN3O/c1-13-5-6-16(17(21)9-13)12-24(11-14-3-2-4-14)20(25)19-10-18(22-23-19)15-7-8-15/h5-6,9-10,14-15H,2-4,7-8,11-12H2,1H3,(H,22,23). The fourth-order valence-electron chi connectivity index (χ4n) is 3.40. The van der Waals surface area contributed by atoms with Crippen molar-refractivity contribution in [3.8, 4) is 0 Å². The number of hydrogen-bond donors (Lipinski definition) is 1. The predicted octanol–water partition coefficient (Wildman–Crippen LogP) is 4.18. The lowest BCUT2D eigenvalue weighted by molar-refractivity contribution is 0.0671. The van der Waals surface area contributed by atoms with Gasteiger partial charge in [0.25, 0.3) is 5.91 Å². The Labute approximate surface area is 147 Å². The van der Waals surface area contributed by atoms with Crippen LogP contribution in [0.15, 0.2) is 24.3 Å². The summed E-state index contributed by atoms with van der Waals surface area (Å²) in [6, 6.07) is 7.09. The van der Waals surface area contributed by atoms with Crippen LogP contribution in [0, 0.1) is 18.7 Å². The van der Waals surface area contributed by atoms with E-state index in [1.165, 1.54) is 12.5 Å². The molecule has 1 N–H and O–H groups in total. The van der Waals surface area contributed by atoms with E-state index in [2.05, 4.69) is 10.2 Å². The highest BCUT2D eigenvalue weighted by molar-refractivity contribution is 5.92. The Morgan fingerprint density at radius 1 is 1.28 bits per heavy atom. The molecule has 0 aliphatic heterocycles. The molecule has 1 aromatic heterocycles. The van der Waals surface area contributed by atoms with Crippen LogP contribution in [0.3, 0.4) is 0 Å². The van der Waals surface area contributed by atoms with Gasteiger partial charge in [0.15, 0.2) is 0 Å². The van der Waals surface area contributed by atoms with E-state index in [4.69, 9.17) is 0 Å². The molecule has 1 amide bonds. The molecular formula is C20H24FN3O. The lowest BCUT2D eigenvalue weighted by atomic mass is 9.85. The first kappa shape index (κ1) is 16.3. The Morgan fingerprint density at radius 3 is 2.72 bits per heavy atom. The maximum atomic E-state index is 14.3. The highest BCUT2D eigenvalue weighted by Crippen LogP contribution is 2.39. The number of H-pyrrole nitrogens is 1. The molecule has 0 saturated heterocycles. The number of carbonyl (C=O) groups is 1. The summed E-state index contributed by atoms with van der Waals surface area (Å²) in [5.41, 5.74) is 2.96. The Bertz CT molecular complexity index is 777. The lowest BCUT2D eigenvalue weighted by Crippen LogP contribution is -2.37. The van der Waals surface area contributed by atoms with Crippen molar-refractivity contribution in [2.24, 2.45) is 5.92 Å². The van der Waals surface area contributed by atoms with Gasteiger partial charge < -0.3 is 4.90 Å². The lowest BCUT2D eigenvalue weighted by Gasteiger charge is -2.32. The van der Waals surface area contributed by atoms with Gasteiger partial charge in [-0.15, -0.1) is 0 Å². The molecule has 2 aliphatic carbocycles. The van der Waals surface area contributed by atoms with Crippen molar-refractivity contribution in [2.45, 2.75) is 51.5 Å². The molecule has 2 aliphatic rings. The molecule has 1 aromatic carbocycles. The number of aromatic amines is 1. The van der Waals surface area contributed by atoms with Crippen molar-refractivity contribution in [1.29, 1.82) is 0 Å². The van der Waals surface area contributed by atoms with Crippen molar-refractivity contribution in [1.82, 2.24) is 15.1 Å². The van der Waals surface area contributed by atoms with Crippen molar-refractivity contribution >= 4 is 5.91 Å². The summed E-state index contributed by atoms with van der Waals surface area (Å²) in [6.07, 6.45) is 5.83. The average molecular weight is 341 g/mol. The number of aryl methyl sites for hydroxylation is 1. The number of rotatable bonds is 6. The minimum atomic E-state index is -0.241. The number of halogens is 1. The van der Waals surface area contributed by atoms with Crippen LogP contribution in [-0.4, -0.2) is 27.5 Å². The first-order valence-electron chi connectivity index (χ1n) is 9.20. The molecule has 4 nitrogen and oxygen atoms in total. The number of benzene rings is 1. The molecular weight excluding hydrogens is 317 g/mol. The van der Waals surface area contributed by atoms with Crippen molar-refractivity contribution < 1.29 is 9.18 Å². The number of nitrogens with zero attached hydrogens (tertiary/aromatic N) is 2. The summed E-state index contributed by atoms with van der Waals surface area (Å²) in [7, 11) is 0. The van der Waals surface area contributed by atoms with Crippen molar-refractivity contribution in [2.75, 3.05) is 6.54 Å². The largest absolute Gasteiger partial charge is 0.333 e. The number of nitrogens with one attached hydrogen (secondary N) is 1. The van der Waals surface area contributed by atoms with Gasteiger partial charge in [0, 0.05) is 24.6 Å². The second kappa shape index (κ2) is 6.62. The van der Waals surface area contributed by atoms with E-state index in [0.29, 0.717) is 36.2 Å². The zero-order chi connectivity index (χ0) is 17.4. The van der Waals surface area contributed by atoms with Gasteiger partial charge in [-0.05, 0) is 56.2 Å². The van der Waals surface area contributed by atoms with E-state index >= 15 is 0 Å². The van der Waals surface area contributed by atoms with Gasteiger partial charge in [0.1, 0.15) is 11.5 Å². The number of carbonyl (C=O) groups excluding carboxylic acids is 1. The highest BCUT2D eigenvalue weighted by Gasteiger charge is 2.29. The fourth-order valence-corrected chi connectivity index (χ4v) is 3.40. The molecule has 0 radical (unpaired) electrons. The SMILES string of the molecule is Cc1ccc(CN(CC2CCC2)C(=O)c2cc(C3CC3)n[nH]2)c(F)c1. The predicted molar refractivity (Wildman–Crippen MR) is 93.8 cm³/mol. The smallest absolute Gasteiger partial charge is 0.272 e. The molecule has 25 heavy (non-hydrogen) atoms. The third-order valence-corrected chi connectivity index (χ3v) is 5.38. The van der Waals surface area contributed by atoms with Crippen LogP contribution in [0.5, 0.6) is 0 Å². The third kappa shape index (κ3) is 3.60. The summed E-state index contributed by atoms with van der Waals surface area (Å²) < 4.78 is 14.3. The maximum absolute atomic E-state index is 14.3. The van der Waals surface area contributed by atoms with Crippen molar-refractivity contribution in [3.05, 3.63) is 52.6 Å². The van der Waals surface area contributed by atoms with Gasteiger partial charge in [-0.25, -0.2) is 4.39 Å². The van der Waals surface area contributed by atoms with E-state index in [0.717, 1.165) is 36.9 Å². The zero-order valence-electron chi connectivity index (χ0n) is 14.6. The monoisotopic (exact) mass is 341 g/mol. The van der Waals surface area contributed by atoms with E-state index in [-0.39, 0.29) is 11.7 Å². The Kier molecular flexibility index (Phi) is 4.32. The minimum Gasteiger partial charge on any atom is -0.333 e. The van der Waals surface area contributed by atoms with Gasteiger partial charge in [0.2, 0.25) is 0 Å². The summed E-state index contributed by atoms with van der Waals surface area (Å²) in [6.45, 7) is 2.86. The van der Waals surface area contributed by atoms with Gasteiger partial charge in [-0.3, -0.25) is 9.89 Å². The first-order chi connectivity index (χ1) is 12.1. The van der Waals surface area contributed by atoms with E-state index in [1.807, 2.05) is 19.1 Å². The number of hydrogen-bond acceptors (Lipinski definition) is 2. The van der Waals surface area contributed by atoms with Gasteiger partial charge in [0.05, 0.1) is 5.69 Å². The topological polar surface area (TPSA) is 49.0 Å². The number of aromatic nitrogens is 2. The molecule has 0 atom stereocenters. The highest BCUT2D eigenvalue weighted by atomic mass is 19.1. The summed E-state index contributed by atoms with van der Waals surface area (Å²) in [4.78, 5) is 14.8. The van der Waals surface area contributed by atoms with Crippen LogP contribution in [0.2, 0.25) is 0 Å². The molecule has 2 fully saturated rings. The van der Waals surface area contributed by atoms with Crippen LogP contribution in [-0.2, 0) is 6.54 Å². The van der Waals surface area contributed by atoms with Crippen LogP contribution in [0.1, 0.15) is 65.3 Å². The maximum Gasteiger partial charge on any atom is 0.272 e. The number of amides is 1. The molecule has 0 spiro atoms. The van der Waals surface area contributed by atoms with E-state index < -0.39 is 0 Å². The van der Waals surface area contributed by atoms with Gasteiger partial charge >= 0.3 is 0 Å². The first-order valence-corrected chi connectivity index (χ1v) is 9.20. The molecule has 132 valence electrons. The van der Waals surface area contributed by atoms with Crippen LogP contribution >= 0.6 is 0 Å². The normalized spacial score (nSPS) is 17.4. The molecule has 1 heterocycles. The molecule has 0 unspecified atom stereocenters. The van der Waals surface area contributed by atoms with Gasteiger partial charge in [-0.1, -0.05) is 18.6 Å². The fraction of sp³-hybridized carbons (Fsp3) is 0.500. The second-order valence-corrected chi connectivity index (χ2v) is 7.56. The molecule has 5 heteroatoms. The third-order valence-electron chi connectivity index (χ3n) is 5.38. The summed E-state index contributed by atoms with van der Waals surface area (Å²) >= 11 is 0.